The highest BCUT2D eigenvalue weighted by Gasteiger charge is 2.31. The van der Waals surface area contributed by atoms with Crippen molar-refractivity contribution in [1.82, 2.24) is 0 Å². The van der Waals surface area contributed by atoms with Crippen molar-refractivity contribution in [2.45, 2.75) is 6.18 Å². The molecule has 20 heavy (non-hydrogen) atoms. The van der Waals surface area contributed by atoms with Crippen molar-refractivity contribution in [3.63, 3.8) is 0 Å². The quantitative estimate of drug-likeness (QED) is 0.505. The van der Waals surface area contributed by atoms with Gasteiger partial charge in [-0.25, -0.2) is 4.39 Å². The Hall–Kier alpha value is -1.99. The molecule has 2 rings (SSSR count). The molecule has 0 heterocycles. The number of alkyl halides is 3. The van der Waals surface area contributed by atoms with E-state index in [1.807, 2.05) is 0 Å². The fraction of sp³-hybridized carbons (Fsp3) is 0.0667. The highest BCUT2D eigenvalue weighted by atomic mass is 35.5. The second-order valence-electron chi connectivity index (χ2n) is 4.07. The molecule has 102 valence electrons. The van der Waals surface area contributed by atoms with Crippen molar-refractivity contribution in [1.29, 1.82) is 0 Å². The first-order valence-corrected chi connectivity index (χ1v) is 5.83. The SMILES string of the molecule is C#Cc1cc(-c2ccc(Cl)c(F)c2)cc(C(F)(F)F)c1. The standard InChI is InChI=1S/C15H7ClF4/c1-2-9-5-11(7-12(6-9)15(18,19)20)10-3-4-13(16)14(17)8-10/h1,3-8H. The van der Waals surface area contributed by atoms with Crippen LogP contribution in [0.1, 0.15) is 11.1 Å². The molecule has 5 heteroatoms. The topological polar surface area (TPSA) is 0 Å². The van der Waals surface area contributed by atoms with Crippen LogP contribution in [0.3, 0.4) is 0 Å². The van der Waals surface area contributed by atoms with E-state index < -0.39 is 17.6 Å². The van der Waals surface area contributed by atoms with Crippen LogP contribution in [0.15, 0.2) is 36.4 Å². The fourth-order valence-electron chi connectivity index (χ4n) is 1.72. The maximum absolute atomic E-state index is 13.4. The van der Waals surface area contributed by atoms with Crippen LogP contribution >= 0.6 is 11.6 Å². The monoisotopic (exact) mass is 298 g/mol. The number of terminal acetylenes is 1. The van der Waals surface area contributed by atoms with Crippen LogP contribution in [-0.2, 0) is 6.18 Å². The predicted molar refractivity (Wildman–Crippen MR) is 69.8 cm³/mol. The second kappa shape index (κ2) is 5.18. The van der Waals surface area contributed by atoms with Gasteiger partial charge in [0.05, 0.1) is 10.6 Å². The highest BCUT2D eigenvalue weighted by Crippen LogP contribution is 2.34. The van der Waals surface area contributed by atoms with Crippen molar-refractivity contribution < 1.29 is 17.6 Å². The summed E-state index contributed by atoms with van der Waals surface area (Å²) in [6.45, 7) is 0. The molecule has 0 saturated heterocycles. The summed E-state index contributed by atoms with van der Waals surface area (Å²) in [5.74, 6) is 1.45. The first kappa shape index (κ1) is 14.4. The lowest BCUT2D eigenvalue weighted by molar-refractivity contribution is -0.137. The van der Waals surface area contributed by atoms with E-state index in [1.54, 1.807) is 0 Å². The van der Waals surface area contributed by atoms with Gasteiger partial charge >= 0.3 is 6.18 Å². The van der Waals surface area contributed by atoms with Gasteiger partial charge in [0.1, 0.15) is 5.82 Å². The Labute approximate surface area is 118 Å². The lowest BCUT2D eigenvalue weighted by Crippen LogP contribution is -2.05. The zero-order chi connectivity index (χ0) is 14.9. The molecular weight excluding hydrogens is 292 g/mol. The molecule has 0 amide bonds. The normalized spacial score (nSPS) is 11.2. The summed E-state index contributed by atoms with van der Waals surface area (Å²) in [5.41, 5.74) is -0.346. The van der Waals surface area contributed by atoms with Crippen molar-refractivity contribution in [3.05, 3.63) is 58.4 Å². The minimum absolute atomic E-state index is 0.0742. The van der Waals surface area contributed by atoms with Crippen LogP contribution in [-0.4, -0.2) is 0 Å². The first-order chi connectivity index (χ1) is 9.31. The van der Waals surface area contributed by atoms with E-state index >= 15 is 0 Å². The van der Waals surface area contributed by atoms with E-state index in [4.69, 9.17) is 18.0 Å². The average Bonchev–Trinajstić information content (AvgIpc) is 2.40. The molecule has 0 fully saturated rings. The molecule has 0 aliphatic carbocycles. The maximum Gasteiger partial charge on any atom is 0.416 e. The summed E-state index contributed by atoms with van der Waals surface area (Å²) < 4.78 is 51.7. The molecule has 2 aromatic carbocycles. The predicted octanol–water partition coefficient (Wildman–Crippen LogP) is 5.15. The van der Waals surface area contributed by atoms with Crippen LogP contribution in [0.4, 0.5) is 17.6 Å². The van der Waals surface area contributed by atoms with E-state index in [0.717, 1.165) is 18.2 Å². The van der Waals surface area contributed by atoms with Gasteiger partial charge in [-0.15, -0.1) is 6.42 Å². The zero-order valence-electron chi connectivity index (χ0n) is 9.93. The van der Waals surface area contributed by atoms with Gasteiger partial charge in [-0.1, -0.05) is 23.6 Å². The molecule has 0 N–H and O–H groups in total. The number of halogens is 5. The Kier molecular flexibility index (Phi) is 3.74. The van der Waals surface area contributed by atoms with Crippen molar-refractivity contribution in [2.75, 3.05) is 0 Å². The molecule has 2 aromatic rings. The highest BCUT2D eigenvalue weighted by molar-refractivity contribution is 6.30. The van der Waals surface area contributed by atoms with Gasteiger partial charge in [0.25, 0.3) is 0 Å². The Morgan fingerprint density at radius 3 is 2.25 bits per heavy atom. The lowest BCUT2D eigenvalue weighted by atomic mass is 9.99. The molecule has 0 unspecified atom stereocenters. The van der Waals surface area contributed by atoms with Crippen LogP contribution in [0.2, 0.25) is 5.02 Å². The minimum Gasteiger partial charge on any atom is -0.205 e. The second-order valence-corrected chi connectivity index (χ2v) is 4.48. The molecule has 0 radical (unpaired) electrons. The summed E-state index contributed by atoms with van der Waals surface area (Å²) in [7, 11) is 0. The van der Waals surface area contributed by atoms with Gasteiger partial charge in [-0.05, 0) is 41.5 Å². The van der Waals surface area contributed by atoms with Crippen LogP contribution in [0, 0.1) is 18.2 Å². The van der Waals surface area contributed by atoms with E-state index in [9.17, 15) is 17.6 Å². The smallest absolute Gasteiger partial charge is 0.205 e. The summed E-state index contributed by atoms with van der Waals surface area (Å²) >= 11 is 5.54. The number of hydrogen-bond donors (Lipinski definition) is 0. The third kappa shape index (κ3) is 2.94. The van der Waals surface area contributed by atoms with E-state index in [-0.39, 0.29) is 21.7 Å². The molecule has 0 aliphatic rings. The summed E-state index contributed by atoms with van der Waals surface area (Å²) in [5, 5.41) is -0.0992. The van der Waals surface area contributed by atoms with Gasteiger partial charge in [0.2, 0.25) is 0 Å². The zero-order valence-corrected chi connectivity index (χ0v) is 10.7. The Bertz CT molecular complexity index is 696. The molecule has 0 aliphatic heterocycles. The molecule has 0 nitrogen and oxygen atoms in total. The Morgan fingerprint density at radius 1 is 1.00 bits per heavy atom. The number of benzene rings is 2. The third-order valence-corrected chi connectivity index (χ3v) is 2.99. The summed E-state index contributed by atoms with van der Waals surface area (Å²) in [4.78, 5) is 0. The maximum atomic E-state index is 13.4. The summed E-state index contributed by atoms with van der Waals surface area (Å²) in [6, 6.07) is 6.96. The molecule has 0 saturated carbocycles. The average molecular weight is 299 g/mol. The summed E-state index contributed by atoms with van der Waals surface area (Å²) in [6.07, 6.45) is 0.629. The van der Waals surface area contributed by atoms with E-state index in [1.165, 1.54) is 18.2 Å². The largest absolute Gasteiger partial charge is 0.416 e. The Morgan fingerprint density at radius 2 is 1.70 bits per heavy atom. The van der Waals surface area contributed by atoms with Gasteiger partial charge < -0.3 is 0 Å². The molecule has 0 atom stereocenters. The van der Waals surface area contributed by atoms with Crippen LogP contribution in [0.25, 0.3) is 11.1 Å². The van der Waals surface area contributed by atoms with Crippen molar-refractivity contribution in [3.8, 4) is 23.5 Å². The van der Waals surface area contributed by atoms with Gasteiger partial charge in [-0.2, -0.15) is 13.2 Å². The number of rotatable bonds is 1. The van der Waals surface area contributed by atoms with Gasteiger partial charge in [0.15, 0.2) is 0 Å². The molecule has 0 aromatic heterocycles. The molecular formula is C15H7ClF4. The number of hydrogen-bond acceptors (Lipinski definition) is 0. The lowest BCUT2D eigenvalue weighted by Gasteiger charge is -2.10. The van der Waals surface area contributed by atoms with E-state index in [2.05, 4.69) is 5.92 Å². The van der Waals surface area contributed by atoms with Gasteiger partial charge in [-0.3, -0.25) is 0 Å². The van der Waals surface area contributed by atoms with E-state index in [0.29, 0.717) is 0 Å². The minimum atomic E-state index is -4.52. The van der Waals surface area contributed by atoms with Crippen molar-refractivity contribution >= 4 is 11.6 Å². The van der Waals surface area contributed by atoms with Crippen LogP contribution in [0.5, 0.6) is 0 Å². The fourth-order valence-corrected chi connectivity index (χ4v) is 1.83. The first-order valence-electron chi connectivity index (χ1n) is 5.45. The Balaban J connectivity index is 2.62. The van der Waals surface area contributed by atoms with Crippen molar-refractivity contribution in [2.24, 2.45) is 0 Å². The molecule has 0 bridgehead atoms. The van der Waals surface area contributed by atoms with Crippen LogP contribution < -0.4 is 0 Å². The van der Waals surface area contributed by atoms with Gasteiger partial charge in [0, 0.05) is 5.56 Å². The molecule has 0 spiro atoms. The third-order valence-electron chi connectivity index (χ3n) is 2.68.